The van der Waals surface area contributed by atoms with E-state index in [1.54, 1.807) is 24.3 Å². The molecule has 0 saturated carbocycles. The Morgan fingerprint density at radius 3 is 2.21 bits per heavy atom. The number of nitrogens with one attached hydrogen (secondary N) is 2. The van der Waals surface area contributed by atoms with E-state index >= 15 is 0 Å². The Bertz CT molecular complexity index is 803. The van der Waals surface area contributed by atoms with E-state index in [4.69, 9.17) is 0 Å². The Balaban J connectivity index is 2.03. The van der Waals surface area contributed by atoms with Gasteiger partial charge in [0.15, 0.2) is 0 Å². The molecule has 0 radical (unpaired) electrons. The summed E-state index contributed by atoms with van der Waals surface area (Å²) in [7, 11) is -3.76. The molecule has 0 aliphatic carbocycles. The van der Waals surface area contributed by atoms with E-state index in [1.807, 2.05) is 19.1 Å². The van der Waals surface area contributed by atoms with E-state index in [9.17, 15) is 13.2 Å². The van der Waals surface area contributed by atoms with Crippen LogP contribution in [0.3, 0.4) is 0 Å². The number of hydrogen-bond acceptors (Lipinski definition) is 3. The quantitative estimate of drug-likeness (QED) is 0.766. The molecule has 128 valence electrons. The first kappa shape index (κ1) is 18.6. The topological polar surface area (TPSA) is 75.3 Å². The third-order valence-electron chi connectivity index (χ3n) is 3.48. The van der Waals surface area contributed by atoms with Gasteiger partial charge >= 0.3 is 0 Å². The SMILES string of the molecule is CCc1ccc(NC(=O)C(C)NS(=O)(=O)c2ccc(Br)cc2)cc1. The van der Waals surface area contributed by atoms with Gasteiger partial charge in [0.1, 0.15) is 0 Å². The van der Waals surface area contributed by atoms with Crippen LogP contribution in [0.4, 0.5) is 5.69 Å². The van der Waals surface area contributed by atoms with Crippen molar-refractivity contribution in [3.05, 3.63) is 58.6 Å². The van der Waals surface area contributed by atoms with E-state index < -0.39 is 22.0 Å². The average Bonchev–Trinajstić information content (AvgIpc) is 2.55. The van der Waals surface area contributed by atoms with Crippen molar-refractivity contribution in [2.45, 2.75) is 31.2 Å². The van der Waals surface area contributed by atoms with Crippen LogP contribution >= 0.6 is 15.9 Å². The van der Waals surface area contributed by atoms with Gasteiger partial charge in [0.25, 0.3) is 0 Å². The largest absolute Gasteiger partial charge is 0.325 e. The van der Waals surface area contributed by atoms with E-state index in [-0.39, 0.29) is 4.90 Å². The lowest BCUT2D eigenvalue weighted by atomic mass is 10.1. The number of hydrogen-bond donors (Lipinski definition) is 2. The first-order valence-corrected chi connectivity index (χ1v) is 9.77. The molecule has 5 nitrogen and oxygen atoms in total. The molecule has 0 spiro atoms. The van der Waals surface area contributed by atoms with Gasteiger partial charge in [-0.2, -0.15) is 4.72 Å². The van der Waals surface area contributed by atoms with Crippen LogP contribution in [0.25, 0.3) is 0 Å². The third-order valence-corrected chi connectivity index (χ3v) is 5.56. The lowest BCUT2D eigenvalue weighted by Gasteiger charge is -2.14. The highest BCUT2D eigenvalue weighted by molar-refractivity contribution is 9.10. The van der Waals surface area contributed by atoms with Crippen LogP contribution in [0.15, 0.2) is 57.9 Å². The fourth-order valence-corrected chi connectivity index (χ4v) is 3.51. The fourth-order valence-electron chi connectivity index (χ4n) is 2.04. The number of halogens is 1. The van der Waals surface area contributed by atoms with E-state index in [0.717, 1.165) is 16.5 Å². The third kappa shape index (κ3) is 4.90. The molecular weight excluding hydrogens is 392 g/mol. The summed E-state index contributed by atoms with van der Waals surface area (Å²) >= 11 is 3.25. The molecule has 7 heteroatoms. The van der Waals surface area contributed by atoms with Gasteiger partial charge in [0.2, 0.25) is 15.9 Å². The van der Waals surface area contributed by atoms with Crippen LogP contribution in [-0.4, -0.2) is 20.4 Å². The van der Waals surface area contributed by atoms with Gasteiger partial charge in [0, 0.05) is 10.2 Å². The van der Waals surface area contributed by atoms with Crippen LogP contribution in [0.5, 0.6) is 0 Å². The lowest BCUT2D eigenvalue weighted by molar-refractivity contribution is -0.117. The Hall–Kier alpha value is -1.70. The second kappa shape index (κ2) is 7.92. The molecule has 0 aromatic heterocycles. The molecule has 1 amide bonds. The zero-order valence-corrected chi connectivity index (χ0v) is 15.8. The van der Waals surface area contributed by atoms with Crippen molar-refractivity contribution in [2.24, 2.45) is 0 Å². The Kier molecular flexibility index (Phi) is 6.15. The summed E-state index contributed by atoms with van der Waals surface area (Å²) in [6.07, 6.45) is 0.914. The Morgan fingerprint density at radius 1 is 1.08 bits per heavy atom. The van der Waals surface area contributed by atoms with E-state index in [1.165, 1.54) is 19.1 Å². The molecule has 2 rings (SSSR count). The molecule has 0 heterocycles. The summed E-state index contributed by atoms with van der Waals surface area (Å²) in [5.41, 5.74) is 1.80. The summed E-state index contributed by atoms with van der Waals surface area (Å²) in [5.74, 6) is -0.417. The van der Waals surface area contributed by atoms with Crippen LogP contribution < -0.4 is 10.0 Å². The zero-order valence-electron chi connectivity index (χ0n) is 13.4. The number of carbonyl (C=O) groups is 1. The normalized spacial score (nSPS) is 12.6. The molecule has 0 bridgehead atoms. The van der Waals surface area contributed by atoms with Crippen molar-refractivity contribution >= 4 is 37.5 Å². The molecule has 24 heavy (non-hydrogen) atoms. The maximum atomic E-state index is 12.3. The highest BCUT2D eigenvalue weighted by atomic mass is 79.9. The standard InChI is InChI=1S/C17H19BrN2O3S/c1-3-13-4-8-15(9-5-13)19-17(21)12(2)20-24(22,23)16-10-6-14(18)7-11-16/h4-12,20H,3H2,1-2H3,(H,19,21). The zero-order chi connectivity index (χ0) is 17.7. The monoisotopic (exact) mass is 410 g/mol. The molecule has 0 aliphatic heterocycles. The minimum Gasteiger partial charge on any atom is -0.325 e. The summed E-state index contributed by atoms with van der Waals surface area (Å²) < 4.78 is 27.7. The summed E-state index contributed by atoms with van der Waals surface area (Å²) in [5, 5.41) is 2.70. The number of aryl methyl sites for hydroxylation is 1. The van der Waals surface area contributed by atoms with Gasteiger partial charge in [-0.25, -0.2) is 8.42 Å². The van der Waals surface area contributed by atoms with Crippen LogP contribution in [-0.2, 0) is 21.2 Å². The fraction of sp³-hybridized carbons (Fsp3) is 0.235. The van der Waals surface area contributed by atoms with Gasteiger partial charge in [-0.1, -0.05) is 35.0 Å². The average molecular weight is 411 g/mol. The number of carbonyl (C=O) groups excluding carboxylic acids is 1. The minimum atomic E-state index is -3.76. The number of benzene rings is 2. The van der Waals surface area contributed by atoms with Gasteiger partial charge in [-0.3, -0.25) is 4.79 Å². The van der Waals surface area contributed by atoms with E-state index in [0.29, 0.717) is 5.69 Å². The van der Waals surface area contributed by atoms with E-state index in [2.05, 4.69) is 26.0 Å². The van der Waals surface area contributed by atoms with Gasteiger partial charge in [-0.05, 0) is 55.3 Å². The maximum Gasteiger partial charge on any atom is 0.242 e. The van der Waals surface area contributed by atoms with Crippen molar-refractivity contribution in [1.82, 2.24) is 4.72 Å². The van der Waals surface area contributed by atoms with Gasteiger partial charge < -0.3 is 5.32 Å². The summed E-state index contributed by atoms with van der Waals surface area (Å²) in [4.78, 5) is 12.3. The van der Waals surface area contributed by atoms with Crippen LogP contribution in [0.2, 0.25) is 0 Å². The first-order valence-electron chi connectivity index (χ1n) is 7.49. The molecule has 2 aromatic rings. The summed E-state index contributed by atoms with van der Waals surface area (Å²) in [6, 6.07) is 12.8. The number of anilines is 1. The number of amides is 1. The minimum absolute atomic E-state index is 0.109. The predicted molar refractivity (Wildman–Crippen MR) is 98.4 cm³/mol. The van der Waals surface area contributed by atoms with Crippen molar-refractivity contribution in [2.75, 3.05) is 5.32 Å². The van der Waals surface area contributed by atoms with Gasteiger partial charge in [0.05, 0.1) is 10.9 Å². The molecule has 2 aromatic carbocycles. The predicted octanol–water partition coefficient (Wildman–Crippen LogP) is 3.32. The second-order valence-electron chi connectivity index (χ2n) is 5.34. The molecule has 2 N–H and O–H groups in total. The van der Waals surface area contributed by atoms with Crippen LogP contribution in [0, 0.1) is 0 Å². The Morgan fingerprint density at radius 2 is 1.67 bits per heavy atom. The molecule has 1 atom stereocenters. The van der Waals surface area contributed by atoms with Crippen LogP contribution in [0.1, 0.15) is 19.4 Å². The van der Waals surface area contributed by atoms with Crippen molar-refractivity contribution in [3.8, 4) is 0 Å². The number of rotatable bonds is 6. The summed E-state index contributed by atoms with van der Waals surface area (Å²) in [6.45, 7) is 3.55. The maximum absolute atomic E-state index is 12.3. The van der Waals surface area contributed by atoms with Crippen molar-refractivity contribution < 1.29 is 13.2 Å². The second-order valence-corrected chi connectivity index (χ2v) is 7.97. The molecule has 1 unspecified atom stereocenters. The van der Waals surface area contributed by atoms with Crippen molar-refractivity contribution in [3.63, 3.8) is 0 Å². The molecule has 0 aliphatic rings. The Labute approximate surface area is 150 Å². The molecule has 0 saturated heterocycles. The molecular formula is C17H19BrN2O3S. The molecule has 0 fully saturated rings. The van der Waals surface area contributed by atoms with Gasteiger partial charge in [-0.15, -0.1) is 0 Å². The highest BCUT2D eigenvalue weighted by Crippen LogP contribution is 2.15. The highest BCUT2D eigenvalue weighted by Gasteiger charge is 2.22. The number of sulfonamides is 1. The smallest absolute Gasteiger partial charge is 0.242 e. The van der Waals surface area contributed by atoms with Crippen molar-refractivity contribution in [1.29, 1.82) is 0 Å². The first-order chi connectivity index (χ1) is 11.3. The lowest BCUT2D eigenvalue weighted by Crippen LogP contribution is -2.41.